The molecule has 80 valence electrons. The lowest BCUT2D eigenvalue weighted by Crippen LogP contribution is -2.21. The van der Waals surface area contributed by atoms with Gasteiger partial charge in [-0.2, -0.15) is 0 Å². The van der Waals surface area contributed by atoms with E-state index in [1.165, 1.54) is 0 Å². The summed E-state index contributed by atoms with van der Waals surface area (Å²) in [5, 5.41) is 12.2. The van der Waals surface area contributed by atoms with Gasteiger partial charge in [0.1, 0.15) is 0 Å². The van der Waals surface area contributed by atoms with E-state index in [0.29, 0.717) is 6.54 Å². The molecule has 1 saturated heterocycles. The molecule has 1 aliphatic heterocycles. The smallest absolute Gasteiger partial charge is 0.308 e. The van der Waals surface area contributed by atoms with Crippen molar-refractivity contribution in [2.75, 3.05) is 13.1 Å². The van der Waals surface area contributed by atoms with Crippen LogP contribution in [0.2, 0.25) is 0 Å². The first-order chi connectivity index (χ1) is 7.20. The van der Waals surface area contributed by atoms with Crippen molar-refractivity contribution in [1.82, 2.24) is 10.3 Å². The second-order valence-corrected chi connectivity index (χ2v) is 3.89. The molecule has 15 heavy (non-hydrogen) atoms. The molecule has 0 amide bonds. The van der Waals surface area contributed by atoms with Crippen LogP contribution in [0.5, 0.6) is 0 Å². The predicted molar refractivity (Wildman–Crippen MR) is 55.7 cm³/mol. The van der Waals surface area contributed by atoms with Crippen LogP contribution in [0.4, 0.5) is 0 Å². The van der Waals surface area contributed by atoms with E-state index in [9.17, 15) is 4.79 Å². The summed E-state index contributed by atoms with van der Waals surface area (Å²) in [7, 11) is 0. The molecule has 0 bridgehead atoms. The Labute approximate surface area is 88.3 Å². The minimum absolute atomic E-state index is 0.0520. The molecule has 1 aromatic heterocycles. The minimum Gasteiger partial charge on any atom is -0.481 e. The quantitative estimate of drug-likeness (QED) is 0.750. The van der Waals surface area contributed by atoms with E-state index in [1.807, 2.05) is 19.1 Å². The van der Waals surface area contributed by atoms with Gasteiger partial charge in [-0.05, 0) is 18.6 Å². The number of pyridine rings is 1. The highest BCUT2D eigenvalue weighted by molar-refractivity contribution is 5.72. The van der Waals surface area contributed by atoms with Crippen molar-refractivity contribution in [3.8, 4) is 0 Å². The van der Waals surface area contributed by atoms with Gasteiger partial charge < -0.3 is 10.4 Å². The van der Waals surface area contributed by atoms with Gasteiger partial charge in [-0.25, -0.2) is 0 Å². The zero-order valence-corrected chi connectivity index (χ0v) is 8.60. The van der Waals surface area contributed by atoms with E-state index in [1.54, 1.807) is 6.20 Å². The maximum absolute atomic E-state index is 11.0. The standard InChI is InChI=1S/C11H14N2O2/c1-7-8(3-2-4-13-7)9-5-12-6-10(9)11(14)15/h2-4,9-10,12H,5-6H2,1H3,(H,14,15). The molecule has 2 heterocycles. The Morgan fingerprint density at radius 3 is 3.07 bits per heavy atom. The SMILES string of the molecule is Cc1ncccc1C1CNCC1C(=O)O. The first-order valence-electron chi connectivity index (χ1n) is 5.05. The molecular weight excluding hydrogens is 192 g/mol. The summed E-state index contributed by atoms with van der Waals surface area (Å²) >= 11 is 0. The second-order valence-electron chi connectivity index (χ2n) is 3.89. The number of carboxylic acid groups (broad SMARTS) is 1. The molecular formula is C11H14N2O2. The van der Waals surface area contributed by atoms with Crippen LogP contribution in [0.3, 0.4) is 0 Å². The molecule has 4 heteroatoms. The van der Waals surface area contributed by atoms with Crippen molar-refractivity contribution in [3.63, 3.8) is 0 Å². The summed E-state index contributed by atoms with van der Waals surface area (Å²) in [6.07, 6.45) is 1.73. The van der Waals surface area contributed by atoms with Crippen molar-refractivity contribution in [3.05, 3.63) is 29.6 Å². The summed E-state index contributed by atoms with van der Waals surface area (Å²) in [5.41, 5.74) is 1.98. The number of carboxylic acids is 1. The predicted octanol–water partition coefficient (Wildman–Crippen LogP) is 0.778. The van der Waals surface area contributed by atoms with Gasteiger partial charge in [0.25, 0.3) is 0 Å². The first kappa shape index (κ1) is 10.1. The van der Waals surface area contributed by atoms with Gasteiger partial charge in [-0.1, -0.05) is 6.07 Å². The minimum atomic E-state index is -0.728. The number of aromatic nitrogens is 1. The number of nitrogens with zero attached hydrogens (tertiary/aromatic N) is 1. The Bertz CT molecular complexity index is 379. The van der Waals surface area contributed by atoms with Gasteiger partial charge in [-0.3, -0.25) is 9.78 Å². The van der Waals surface area contributed by atoms with Crippen LogP contribution < -0.4 is 5.32 Å². The molecule has 1 fully saturated rings. The van der Waals surface area contributed by atoms with E-state index < -0.39 is 5.97 Å². The van der Waals surface area contributed by atoms with E-state index in [2.05, 4.69) is 10.3 Å². The van der Waals surface area contributed by atoms with Crippen LogP contribution in [0.15, 0.2) is 18.3 Å². The van der Waals surface area contributed by atoms with E-state index in [-0.39, 0.29) is 11.8 Å². The van der Waals surface area contributed by atoms with Gasteiger partial charge in [-0.15, -0.1) is 0 Å². The van der Waals surface area contributed by atoms with Crippen LogP contribution >= 0.6 is 0 Å². The number of rotatable bonds is 2. The lowest BCUT2D eigenvalue weighted by atomic mass is 9.88. The van der Waals surface area contributed by atoms with Gasteiger partial charge in [0.2, 0.25) is 0 Å². The Hall–Kier alpha value is -1.42. The number of aryl methyl sites for hydroxylation is 1. The summed E-state index contributed by atoms with van der Waals surface area (Å²) in [4.78, 5) is 15.2. The largest absolute Gasteiger partial charge is 0.481 e. The Morgan fingerprint density at radius 1 is 1.60 bits per heavy atom. The highest BCUT2D eigenvalue weighted by Gasteiger charge is 2.34. The fourth-order valence-electron chi connectivity index (χ4n) is 2.15. The van der Waals surface area contributed by atoms with E-state index in [0.717, 1.165) is 17.8 Å². The monoisotopic (exact) mass is 206 g/mol. The Kier molecular flexibility index (Phi) is 2.68. The molecule has 2 atom stereocenters. The van der Waals surface area contributed by atoms with Crippen molar-refractivity contribution >= 4 is 5.97 Å². The Morgan fingerprint density at radius 2 is 2.40 bits per heavy atom. The third kappa shape index (κ3) is 1.85. The second kappa shape index (κ2) is 3.98. The van der Waals surface area contributed by atoms with Crippen molar-refractivity contribution < 1.29 is 9.90 Å². The number of aliphatic carboxylic acids is 1. The maximum atomic E-state index is 11.0. The topological polar surface area (TPSA) is 62.2 Å². The van der Waals surface area contributed by atoms with Crippen LogP contribution in [0, 0.1) is 12.8 Å². The number of hydrogen-bond donors (Lipinski definition) is 2. The lowest BCUT2D eigenvalue weighted by Gasteiger charge is -2.16. The van der Waals surface area contributed by atoms with Crippen molar-refractivity contribution in [2.45, 2.75) is 12.8 Å². The van der Waals surface area contributed by atoms with Gasteiger partial charge >= 0.3 is 5.97 Å². The van der Waals surface area contributed by atoms with Crippen LogP contribution in [0.25, 0.3) is 0 Å². The summed E-state index contributed by atoms with van der Waals surface area (Å²) in [6.45, 7) is 3.20. The zero-order chi connectivity index (χ0) is 10.8. The molecule has 0 saturated carbocycles. The molecule has 0 aliphatic carbocycles. The normalized spacial score (nSPS) is 25.4. The fraction of sp³-hybridized carbons (Fsp3) is 0.455. The molecule has 0 radical (unpaired) electrons. The number of hydrogen-bond acceptors (Lipinski definition) is 3. The fourth-order valence-corrected chi connectivity index (χ4v) is 2.15. The van der Waals surface area contributed by atoms with Crippen LogP contribution in [-0.2, 0) is 4.79 Å². The van der Waals surface area contributed by atoms with Gasteiger partial charge in [0.15, 0.2) is 0 Å². The maximum Gasteiger partial charge on any atom is 0.308 e. The first-order valence-corrected chi connectivity index (χ1v) is 5.05. The zero-order valence-electron chi connectivity index (χ0n) is 8.60. The molecule has 2 rings (SSSR count). The lowest BCUT2D eigenvalue weighted by molar-refractivity contribution is -0.141. The summed E-state index contributed by atoms with van der Waals surface area (Å²) in [6, 6.07) is 3.83. The van der Waals surface area contributed by atoms with Gasteiger partial charge in [0.05, 0.1) is 5.92 Å². The third-order valence-corrected chi connectivity index (χ3v) is 2.98. The average Bonchev–Trinajstić information content (AvgIpc) is 2.67. The highest BCUT2D eigenvalue weighted by Crippen LogP contribution is 2.29. The molecule has 1 aromatic rings. The van der Waals surface area contributed by atoms with Crippen molar-refractivity contribution in [1.29, 1.82) is 0 Å². The third-order valence-electron chi connectivity index (χ3n) is 2.98. The summed E-state index contributed by atoms with van der Waals surface area (Å²) < 4.78 is 0. The Balaban J connectivity index is 2.30. The molecule has 1 aliphatic rings. The molecule has 0 aromatic carbocycles. The highest BCUT2D eigenvalue weighted by atomic mass is 16.4. The van der Waals surface area contributed by atoms with Crippen LogP contribution in [-0.4, -0.2) is 29.1 Å². The number of carbonyl (C=O) groups is 1. The molecule has 2 unspecified atom stereocenters. The molecule has 2 N–H and O–H groups in total. The van der Waals surface area contributed by atoms with E-state index in [4.69, 9.17) is 5.11 Å². The molecule has 0 spiro atoms. The molecule has 4 nitrogen and oxygen atoms in total. The van der Waals surface area contributed by atoms with Gasteiger partial charge in [0, 0.05) is 30.9 Å². The van der Waals surface area contributed by atoms with E-state index >= 15 is 0 Å². The van der Waals surface area contributed by atoms with Crippen LogP contribution in [0.1, 0.15) is 17.2 Å². The number of nitrogens with one attached hydrogen (secondary N) is 1. The van der Waals surface area contributed by atoms with Crippen molar-refractivity contribution in [2.24, 2.45) is 5.92 Å². The summed E-state index contributed by atoms with van der Waals surface area (Å²) in [5.74, 6) is -1.00. The average molecular weight is 206 g/mol.